The van der Waals surface area contributed by atoms with E-state index in [2.05, 4.69) is 5.32 Å². The molecule has 0 fully saturated rings. The lowest BCUT2D eigenvalue weighted by Crippen LogP contribution is -2.27. The van der Waals surface area contributed by atoms with Gasteiger partial charge in [-0.05, 0) is 17.7 Å². The summed E-state index contributed by atoms with van der Waals surface area (Å²) in [5.41, 5.74) is 0.530. The molecule has 126 valence electrons. The molecule has 0 aromatic heterocycles. The molecule has 1 atom stereocenters. The van der Waals surface area contributed by atoms with Gasteiger partial charge in [0, 0.05) is 0 Å². The zero-order valence-corrected chi connectivity index (χ0v) is 13.5. The molecule has 0 aliphatic rings. The molecule has 0 heterocycles. The number of benzene rings is 2. The first-order chi connectivity index (χ1) is 11.4. The molecule has 0 saturated carbocycles. The van der Waals surface area contributed by atoms with Gasteiger partial charge in [0.15, 0.2) is 0 Å². The van der Waals surface area contributed by atoms with Crippen molar-refractivity contribution in [1.82, 2.24) is 5.32 Å². The van der Waals surface area contributed by atoms with E-state index in [1.54, 1.807) is 24.3 Å². The van der Waals surface area contributed by atoms with Gasteiger partial charge in [-0.2, -0.15) is 0 Å². The number of carbonyl (C=O) groups excluding carboxylic acids is 1. The van der Waals surface area contributed by atoms with Crippen molar-refractivity contribution in [3.05, 3.63) is 65.7 Å². The highest BCUT2D eigenvalue weighted by Crippen LogP contribution is 2.42. The molecule has 0 aliphatic heterocycles. The molecule has 0 spiro atoms. The van der Waals surface area contributed by atoms with Gasteiger partial charge in [-0.1, -0.05) is 42.5 Å². The minimum absolute atomic E-state index is 0.0621. The second-order valence-corrected chi connectivity index (χ2v) is 6.72. The van der Waals surface area contributed by atoms with Gasteiger partial charge in [0.2, 0.25) is 5.91 Å². The van der Waals surface area contributed by atoms with E-state index < -0.39 is 25.8 Å². The fourth-order valence-corrected chi connectivity index (χ4v) is 2.85. The van der Waals surface area contributed by atoms with E-state index in [1.807, 2.05) is 6.07 Å². The van der Waals surface area contributed by atoms with E-state index in [0.29, 0.717) is 0 Å². The molecule has 7 nitrogen and oxygen atoms in total. The number of carbonyl (C=O) groups is 2. The molecular weight excluding hydrogens is 333 g/mol. The molecule has 3 N–H and O–H groups in total. The van der Waals surface area contributed by atoms with Crippen LogP contribution in [0, 0.1) is 0 Å². The largest absolute Gasteiger partial charge is 0.478 e. The van der Waals surface area contributed by atoms with Crippen LogP contribution in [0.4, 0.5) is 0 Å². The van der Waals surface area contributed by atoms with E-state index in [0.717, 1.165) is 5.56 Å². The first kappa shape index (κ1) is 17.7. The van der Waals surface area contributed by atoms with Crippen LogP contribution in [0.2, 0.25) is 0 Å². The summed E-state index contributed by atoms with van der Waals surface area (Å²) in [5.74, 6) is -1.95. The normalized spacial score (nSPS) is 12.9. The van der Waals surface area contributed by atoms with Crippen molar-refractivity contribution in [2.24, 2.45) is 0 Å². The monoisotopic (exact) mass is 349 g/mol. The summed E-state index contributed by atoms with van der Waals surface area (Å²) >= 11 is 0. The number of hydrogen-bond acceptors (Lipinski definition) is 4. The zero-order chi connectivity index (χ0) is 17.6. The van der Waals surface area contributed by atoms with Crippen molar-refractivity contribution in [2.45, 2.75) is 6.42 Å². The summed E-state index contributed by atoms with van der Waals surface area (Å²) in [7, 11) is -4.23. The first-order valence-electron chi connectivity index (χ1n) is 7.02. The Balaban J connectivity index is 1.95. The quantitative estimate of drug-likeness (QED) is 0.661. The van der Waals surface area contributed by atoms with Crippen LogP contribution in [-0.2, 0) is 15.8 Å². The van der Waals surface area contributed by atoms with Gasteiger partial charge in [0.25, 0.3) is 0 Å². The number of carboxylic acids is 1. The third-order valence-electron chi connectivity index (χ3n) is 3.04. The van der Waals surface area contributed by atoms with E-state index in [9.17, 15) is 19.0 Å². The Hall–Kier alpha value is -2.63. The van der Waals surface area contributed by atoms with Crippen LogP contribution >= 0.6 is 7.60 Å². The average Bonchev–Trinajstić information content (AvgIpc) is 2.54. The smallest absolute Gasteiger partial charge is 0.395 e. The highest BCUT2D eigenvalue weighted by molar-refractivity contribution is 7.53. The summed E-state index contributed by atoms with van der Waals surface area (Å²) < 4.78 is 17.0. The average molecular weight is 349 g/mol. The van der Waals surface area contributed by atoms with Crippen LogP contribution in [0.1, 0.15) is 15.9 Å². The molecule has 0 bridgehead atoms. The number of para-hydroxylation sites is 1. The third kappa shape index (κ3) is 5.22. The predicted molar refractivity (Wildman–Crippen MR) is 87.0 cm³/mol. The maximum atomic E-state index is 12.0. The summed E-state index contributed by atoms with van der Waals surface area (Å²) in [6.07, 6.45) is -0.556. The Bertz CT molecular complexity index is 777. The standard InChI is InChI=1S/C16H16NO6P/c18-15(10-12-6-2-1-3-7-12)17-11-24(21,22)23-14-9-5-4-8-13(14)16(19)20/h1-9H,10-11H2,(H,17,18)(H,19,20)(H,21,22). The maximum absolute atomic E-state index is 12.0. The maximum Gasteiger partial charge on any atom is 0.395 e. The zero-order valence-electron chi connectivity index (χ0n) is 12.6. The second kappa shape index (κ2) is 7.77. The number of rotatable bonds is 7. The number of carboxylic acid groups (broad SMARTS) is 1. The Morgan fingerprint density at radius 3 is 2.33 bits per heavy atom. The van der Waals surface area contributed by atoms with Gasteiger partial charge in [0.1, 0.15) is 17.6 Å². The van der Waals surface area contributed by atoms with Crippen molar-refractivity contribution in [3.63, 3.8) is 0 Å². The van der Waals surface area contributed by atoms with Crippen LogP contribution in [0.5, 0.6) is 5.75 Å². The summed E-state index contributed by atoms with van der Waals surface area (Å²) in [6, 6.07) is 14.4. The molecular formula is C16H16NO6P. The molecule has 2 aromatic rings. The summed E-state index contributed by atoms with van der Waals surface area (Å²) in [4.78, 5) is 32.7. The van der Waals surface area contributed by atoms with Gasteiger partial charge in [0.05, 0.1) is 6.42 Å². The van der Waals surface area contributed by atoms with Crippen molar-refractivity contribution >= 4 is 19.5 Å². The number of nitrogens with one attached hydrogen (secondary N) is 1. The lowest BCUT2D eigenvalue weighted by Gasteiger charge is -2.15. The molecule has 8 heteroatoms. The van der Waals surface area contributed by atoms with E-state index in [4.69, 9.17) is 9.63 Å². The van der Waals surface area contributed by atoms with Crippen LogP contribution < -0.4 is 9.84 Å². The fraction of sp³-hybridized carbons (Fsp3) is 0.125. The molecule has 2 aromatic carbocycles. The minimum atomic E-state index is -4.23. The third-order valence-corrected chi connectivity index (χ3v) is 4.08. The van der Waals surface area contributed by atoms with Crippen molar-refractivity contribution in [2.75, 3.05) is 6.29 Å². The number of amides is 1. The van der Waals surface area contributed by atoms with Gasteiger partial charge < -0.3 is 19.8 Å². The van der Waals surface area contributed by atoms with Gasteiger partial charge in [-0.15, -0.1) is 0 Å². The Morgan fingerprint density at radius 2 is 1.67 bits per heavy atom. The fourth-order valence-electron chi connectivity index (χ4n) is 1.94. The topological polar surface area (TPSA) is 113 Å². The highest BCUT2D eigenvalue weighted by atomic mass is 31.2. The number of hydrogen-bond donors (Lipinski definition) is 3. The van der Waals surface area contributed by atoms with E-state index in [-0.39, 0.29) is 17.7 Å². The van der Waals surface area contributed by atoms with Crippen molar-refractivity contribution in [3.8, 4) is 5.75 Å². The van der Waals surface area contributed by atoms with Crippen LogP contribution in [0.15, 0.2) is 54.6 Å². The Morgan fingerprint density at radius 1 is 1.04 bits per heavy atom. The van der Waals surface area contributed by atoms with Crippen LogP contribution in [0.3, 0.4) is 0 Å². The van der Waals surface area contributed by atoms with E-state index >= 15 is 0 Å². The Kier molecular flexibility index (Phi) is 5.73. The Labute approximate surface area is 138 Å². The second-order valence-electron chi connectivity index (χ2n) is 4.95. The highest BCUT2D eigenvalue weighted by Gasteiger charge is 2.24. The van der Waals surface area contributed by atoms with Gasteiger partial charge in [-0.3, -0.25) is 4.79 Å². The van der Waals surface area contributed by atoms with Gasteiger partial charge in [-0.25, -0.2) is 9.36 Å². The van der Waals surface area contributed by atoms with E-state index in [1.165, 1.54) is 24.3 Å². The van der Waals surface area contributed by atoms with Gasteiger partial charge >= 0.3 is 13.6 Å². The molecule has 1 amide bonds. The SMILES string of the molecule is O=C(Cc1ccccc1)NCP(=O)(O)Oc1ccccc1C(=O)O. The molecule has 0 saturated heterocycles. The predicted octanol–water partition coefficient (Wildman–Crippen LogP) is 2.27. The molecule has 2 rings (SSSR count). The molecule has 0 radical (unpaired) electrons. The molecule has 0 aliphatic carbocycles. The van der Waals surface area contributed by atoms with Crippen LogP contribution in [0.25, 0.3) is 0 Å². The summed E-state index contributed by atoms with van der Waals surface area (Å²) in [6.45, 7) is 0. The summed E-state index contributed by atoms with van der Waals surface area (Å²) in [5, 5.41) is 11.3. The lowest BCUT2D eigenvalue weighted by atomic mass is 10.1. The van der Waals surface area contributed by atoms with Crippen molar-refractivity contribution < 1.29 is 28.7 Å². The first-order valence-corrected chi connectivity index (χ1v) is 8.78. The lowest BCUT2D eigenvalue weighted by molar-refractivity contribution is -0.120. The van der Waals surface area contributed by atoms with Crippen LogP contribution in [-0.4, -0.2) is 28.2 Å². The number of aromatic carboxylic acids is 1. The molecule has 24 heavy (non-hydrogen) atoms. The molecule has 1 unspecified atom stereocenters. The minimum Gasteiger partial charge on any atom is -0.478 e. The van der Waals surface area contributed by atoms with Crippen molar-refractivity contribution in [1.29, 1.82) is 0 Å².